The fraction of sp³-hybridized carbons (Fsp3) is 0.900. The molecular weight excluding hydrogens is 300 g/mol. The van der Waals surface area contributed by atoms with Crippen LogP contribution in [0.5, 0.6) is 0 Å². The summed E-state index contributed by atoms with van der Waals surface area (Å²) in [4.78, 5) is 26.4. The van der Waals surface area contributed by atoms with E-state index in [2.05, 4.69) is 19.2 Å². The minimum Gasteiger partial charge on any atom is -0.356 e. The van der Waals surface area contributed by atoms with Crippen LogP contribution in [0.2, 0.25) is 0 Å². The number of carbonyl (C=O) groups excluding carboxylic acids is 2. The average Bonchev–Trinajstić information content (AvgIpc) is 2.52. The second-order valence-corrected chi connectivity index (χ2v) is 8.70. The average molecular weight is 339 g/mol. The minimum atomic E-state index is -0.329. The molecule has 1 rings (SSSR count). The van der Waals surface area contributed by atoms with Crippen molar-refractivity contribution in [3.05, 3.63) is 0 Å². The van der Waals surface area contributed by atoms with E-state index in [1.54, 1.807) is 0 Å². The van der Waals surface area contributed by atoms with E-state index in [9.17, 15) is 9.59 Å². The van der Waals surface area contributed by atoms with Crippen molar-refractivity contribution in [2.75, 3.05) is 19.6 Å². The lowest BCUT2D eigenvalue weighted by molar-refractivity contribution is -0.142. The molecule has 0 bridgehead atoms. The fourth-order valence-corrected chi connectivity index (χ4v) is 3.21. The third-order valence-corrected chi connectivity index (χ3v) is 4.80. The molecule has 1 N–H and O–H groups in total. The Kier molecular flexibility index (Phi) is 8.79. The number of hydrogen-bond acceptors (Lipinski definition) is 2. The van der Waals surface area contributed by atoms with Gasteiger partial charge in [0, 0.05) is 31.0 Å². The van der Waals surface area contributed by atoms with Gasteiger partial charge in [0.1, 0.15) is 0 Å². The highest BCUT2D eigenvalue weighted by molar-refractivity contribution is 5.82. The number of unbranched alkanes of at least 4 members (excludes halogenated alkanes) is 3. The van der Waals surface area contributed by atoms with E-state index in [0.717, 1.165) is 31.7 Å². The summed E-state index contributed by atoms with van der Waals surface area (Å²) in [6, 6.07) is 0. The number of amides is 2. The van der Waals surface area contributed by atoms with Gasteiger partial charge in [0.15, 0.2) is 0 Å². The molecule has 0 saturated carbocycles. The largest absolute Gasteiger partial charge is 0.356 e. The first kappa shape index (κ1) is 21.0. The van der Waals surface area contributed by atoms with E-state index in [4.69, 9.17) is 0 Å². The maximum Gasteiger partial charge on any atom is 0.227 e. The molecular formula is C20H38N2O2. The molecule has 1 aliphatic rings. The third-order valence-electron chi connectivity index (χ3n) is 4.80. The Morgan fingerprint density at radius 3 is 2.17 bits per heavy atom. The van der Waals surface area contributed by atoms with Gasteiger partial charge < -0.3 is 10.2 Å². The number of carbonyl (C=O) groups is 2. The van der Waals surface area contributed by atoms with Crippen molar-refractivity contribution >= 4 is 11.8 Å². The highest BCUT2D eigenvalue weighted by Crippen LogP contribution is 2.23. The van der Waals surface area contributed by atoms with E-state index in [1.807, 2.05) is 25.7 Å². The molecule has 1 heterocycles. The van der Waals surface area contributed by atoms with Crippen LogP contribution in [0.3, 0.4) is 0 Å². The molecule has 0 aliphatic carbocycles. The maximum absolute atomic E-state index is 12.3. The van der Waals surface area contributed by atoms with E-state index >= 15 is 0 Å². The van der Waals surface area contributed by atoms with Crippen molar-refractivity contribution in [2.45, 2.75) is 79.6 Å². The summed E-state index contributed by atoms with van der Waals surface area (Å²) in [6.07, 6.45) is 7.73. The molecule has 4 nitrogen and oxygen atoms in total. The van der Waals surface area contributed by atoms with Gasteiger partial charge in [-0.1, -0.05) is 60.3 Å². The van der Waals surface area contributed by atoms with Gasteiger partial charge in [-0.3, -0.25) is 9.59 Å². The first-order valence-electron chi connectivity index (χ1n) is 9.79. The van der Waals surface area contributed by atoms with Crippen molar-refractivity contribution in [2.24, 2.45) is 17.3 Å². The zero-order valence-corrected chi connectivity index (χ0v) is 16.5. The van der Waals surface area contributed by atoms with Crippen LogP contribution in [0.25, 0.3) is 0 Å². The lowest BCUT2D eigenvalue weighted by Crippen LogP contribution is -2.46. The second kappa shape index (κ2) is 10.0. The van der Waals surface area contributed by atoms with Crippen LogP contribution >= 0.6 is 0 Å². The Bertz CT molecular complexity index is 391. The molecule has 4 heteroatoms. The summed E-state index contributed by atoms with van der Waals surface area (Å²) in [7, 11) is 0. The minimum absolute atomic E-state index is 0.0787. The highest BCUT2D eigenvalue weighted by Gasteiger charge is 2.32. The molecule has 0 atom stereocenters. The molecule has 24 heavy (non-hydrogen) atoms. The van der Waals surface area contributed by atoms with E-state index in [-0.39, 0.29) is 23.1 Å². The fourth-order valence-electron chi connectivity index (χ4n) is 3.21. The van der Waals surface area contributed by atoms with Gasteiger partial charge in [0.25, 0.3) is 0 Å². The molecule has 0 aromatic heterocycles. The Hall–Kier alpha value is -1.06. The van der Waals surface area contributed by atoms with Crippen molar-refractivity contribution in [1.82, 2.24) is 10.2 Å². The smallest absolute Gasteiger partial charge is 0.227 e. The monoisotopic (exact) mass is 338 g/mol. The van der Waals surface area contributed by atoms with Crippen molar-refractivity contribution in [1.29, 1.82) is 0 Å². The quantitative estimate of drug-likeness (QED) is 0.680. The predicted octanol–water partition coefficient (Wildman–Crippen LogP) is 3.99. The van der Waals surface area contributed by atoms with E-state index in [1.165, 1.54) is 25.7 Å². The predicted molar refractivity (Wildman–Crippen MR) is 99.7 cm³/mol. The van der Waals surface area contributed by atoms with Crippen LogP contribution in [0.4, 0.5) is 0 Å². The van der Waals surface area contributed by atoms with Gasteiger partial charge in [-0.05, 0) is 25.2 Å². The van der Waals surface area contributed by atoms with E-state index in [0.29, 0.717) is 13.1 Å². The molecule has 140 valence electrons. The number of nitrogens with zero attached hydrogens (tertiary/aromatic N) is 1. The van der Waals surface area contributed by atoms with Gasteiger partial charge in [-0.25, -0.2) is 0 Å². The van der Waals surface area contributed by atoms with Crippen LogP contribution in [0.1, 0.15) is 79.6 Å². The standard InChI is InChI=1S/C20H38N2O2/c1-16(2)10-8-6-7-9-13-21-18(23)17-11-14-22(15-12-17)19(24)20(3,4)5/h16-17H,6-15H2,1-5H3,(H,21,23). The number of hydrogen-bond donors (Lipinski definition) is 1. The molecule has 1 fully saturated rings. The second-order valence-electron chi connectivity index (χ2n) is 8.70. The molecule has 0 radical (unpaired) electrons. The van der Waals surface area contributed by atoms with Gasteiger partial charge in [-0.2, -0.15) is 0 Å². The summed E-state index contributed by atoms with van der Waals surface area (Å²) < 4.78 is 0. The van der Waals surface area contributed by atoms with Crippen LogP contribution in [0, 0.1) is 17.3 Å². The van der Waals surface area contributed by atoms with Crippen LogP contribution in [-0.2, 0) is 9.59 Å². The third kappa shape index (κ3) is 7.67. The van der Waals surface area contributed by atoms with Gasteiger partial charge in [0.2, 0.25) is 11.8 Å². The summed E-state index contributed by atoms with van der Waals surface area (Å²) in [5.74, 6) is 1.25. The Balaban J connectivity index is 2.14. The highest BCUT2D eigenvalue weighted by atomic mass is 16.2. The molecule has 1 aliphatic heterocycles. The first-order valence-corrected chi connectivity index (χ1v) is 9.79. The van der Waals surface area contributed by atoms with Crippen LogP contribution in [0.15, 0.2) is 0 Å². The maximum atomic E-state index is 12.3. The van der Waals surface area contributed by atoms with Crippen molar-refractivity contribution < 1.29 is 9.59 Å². The summed E-state index contributed by atoms with van der Waals surface area (Å²) in [5, 5.41) is 3.08. The Labute approximate surface area is 148 Å². The number of piperidine rings is 1. The SMILES string of the molecule is CC(C)CCCCCCNC(=O)C1CCN(C(=O)C(C)(C)C)CC1. The zero-order chi connectivity index (χ0) is 18.2. The summed E-state index contributed by atoms with van der Waals surface area (Å²) in [6.45, 7) is 12.6. The topological polar surface area (TPSA) is 49.4 Å². The lowest BCUT2D eigenvalue weighted by Gasteiger charge is -2.35. The van der Waals surface area contributed by atoms with Crippen molar-refractivity contribution in [3.8, 4) is 0 Å². The summed E-state index contributed by atoms with van der Waals surface area (Å²) in [5.41, 5.74) is -0.329. The molecule has 0 aromatic carbocycles. The Morgan fingerprint density at radius 1 is 1.04 bits per heavy atom. The molecule has 0 unspecified atom stereocenters. The molecule has 0 spiro atoms. The first-order chi connectivity index (χ1) is 11.2. The molecule has 0 aromatic rings. The number of likely N-dealkylation sites (tertiary alicyclic amines) is 1. The van der Waals surface area contributed by atoms with E-state index < -0.39 is 0 Å². The lowest BCUT2D eigenvalue weighted by atomic mass is 9.90. The van der Waals surface area contributed by atoms with Gasteiger partial charge in [-0.15, -0.1) is 0 Å². The molecule has 1 saturated heterocycles. The van der Waals surface area contributed by atoms with Gasteiger partial charge >= 0.3 is 0 Å². The normalized spacial score (nSPS) is 16.5. The Morgan fingerprint density at radius 2 is 1.62 bits per heavy atom. The van der Waals surface area contributed by atoms with Gasteiger partial charge in [0.05, 0.1) is 0 Å². The van der Waals surface area contributed by atoms with Crippen LogP contribution < -0.4 is 5.32 Å². The summed E-state index contributed by atoms with van der Waals surface area (Å²) >= 11 is 0. The number of rotatable bonds is 8. The number of nitrogens with one attached hydrogen (secondary N) is 1. The van der Waals surface area contributed by atoms with Crippen molar-refractivity contribution in [3.63, 3.8) is 0 Å². The molecule has 2 amide bonds. The zero-order valence-electron chi connectivity index (χ0n) is 16.5. The van der Waals surface area contributed by atoms with Crippen LogP contribution in [-0.4, -0.2) is 36.3 Å².